The Labute approximate surface area is 154 Å². The molecule has 1 aliphatic heterocycles. The monoisotopic (exact) mass is 351 g/mol. The number of ketones is 1. The van der Waals surface area contributed by atoms with Crippen LogP contribution in [0, 0.1) is 13.8 Å². The van der Waals surface area contributed by atoms with Crippen LogP contribution in [0.1, 0.15) is 50.2 Å². The maximum Gasteiger partial charge on any atom is 0.254 e. The van der Waals surface area contributed by atoms with Gasteiger partial charge in [-0.15, -0.1) is 0 Å². The third-order valence-corrected chi connectivity index (χ3v) is 5.10. The number of carbonyl (C=O) groups excluding carboxylic acids is 2. The smallest absolute Gasteiger partial charge is 0.254 e. The Hall–Kier alpha value is -2.46. The Morgan fingerprint density at radius 2 is 1.62 bits per heavy atom. The normalized spacial score (nSPS) is 15.1. The van der Waals surface area contributed by atoms with Crippen LogP contribution in [0.15, 0.2) is 42.5 Å². The van der Waals surface area contributed by atoms with Crippen molar-refractivity contribution in [3.05, 3.63) is 70.3 Å². The van der Waals surface area contributed by atoms with Gasteiger partial charge >= 0.3 is 0 Å². The summed E-state index contributed by atoms with van der Waals surface area (Å²) in [6, 6.07) is 13.0. The summed E-state index contributed by atoms with van der Waals surface area (Å²) in [6.45, 7) is 5.20. The van der Waals surface area contributed by atoms with E-state index in [1.54, 1.807) is 19.2 Å². The quantitative estimate of drug-likeness (QED) is 0.788. The summed E-state index contributed by atoms with van der Waals surface area (Å²) >= 11 is 0. The molecular formula is C22H25NO3. The molecule has 4 heteroatoms. The first kappa shape index (κ1) is 18.3. The number of ether oxygens (including phenoxy) is 1. The molecule has 1 heterocycles. The van der Waals surface area contributed by atoms with Gasteiger partial charge in [-0.1, -0.05) is 35.9 Å². The van der Waals surface area contributed by atoms with E-state index in [4.69, 9.17) is 4.74 Å². The molecule has 0 unspecified atom stereocenters. The van der Waals surface area contributed by atoms with Crippen LogP contribution in [0.5, 0.6) is 0 Å². The molecule has 26 heavy (non-hydrogen) atoms. The number of amides is 1. The Bertz CT molecular complexity index is 820. The highest BCUT2D eigenvalue weighted by atomic mass is 16.5. The standard InChI is InChI=1S/C22H25NO3/c1-15-8-9-16(2)20(14-15)21(24)18-6-4-5-7-19(18)22(25)23-12-10-17(26-3)11-13-23/h4-9,14,17H,10-13H2,1-3H3. The molecule has 3 rings (SSSR count). The van der Waals surface area contributed by atoms with Crippen LogP contribution in [0.4, 0.5) is 0 Å². The van der Waals surface area contributed by atoms with Gasteiger partial charge in [0.05, 0.1) is 11.7 Å². The van der Waals surface area contributed by atoms with Crippen molar-refractivity contribution in [2.24, 2.45) is 0 Å². The van der Waals surface area contributed by atoms with Crippen molar-refractivity contribution in [2.75, 3.05) is 20.2 Å². The van der Waals surface area contributed by atoms with Crippen molar-refractivity contribution < 1.29 is 14.3 Å². The van der Waals surface area contributed by atoms with Crippen LogP contribution < -0.4 is 0 Å². The van der Waals surface area contributed by atoms with E-state index >= 15 is 0 Å². The second kappa shape index (κ2) is 7.83. The predicted molar refractivity (Wildman–Crippen MR) is 102 cm³/mol. The molecule has 136 valence electrons. The van der Waals surface area contributed by atoms with E-state index in [9.17, 15) is 9.59 Å². The summed E-state index contributed by atoms with van der Waals surface area (Å²) in [5.41, 5.74) is 3.56. The van der Waals surface area contributed by atoms with Gasteiger partial charge in [0.15, 0.2) is 5.78 Å². The van der Waals surface area contributed by atoms with Crippen LogP contribution in [0.2, 0.25) is 0 Å². The van der Waals surface area contributed by atoms with E-state index < -0.39 is 0 Å². The van der Waals surface area contributed by atoms with Crippen LogP contribution in [0.25, 0.3) is 0 Å². The molecule has 2 aromatic rings. The minimum Gasteiger partial charge on any atom is -0.381 e. The number of hydrogen-bond acceptors (Lipinski definition) is 3. The summed E-state index contributed by atoms with van der Waals surface area (Å²) in [6.07, 6.45) is 1.87. The average molecular weight is 351 g/mol. The fraction of sp³-hybridized carbons (Fsp3) is 0.364. The molecule has 1 fully saturated rings. The molecule has 0 spiro atoms. The lowest BCUT2D eigenvalue weighted by Gasteiger charge is -2.31. The first-order valence-corrected chi connectivity index (χ1v) is 9.04. The Kier molecular flexibility index (Phi) is 5.52. The molecule has 0 N–H and O–H groups in total. The molecule has 1 amide bonds. The predicted octanol–water partition coefficient (Wildman–Crippen LogP) is 3.79. The van der Waals surface area contributed by atoms with Gasteiger partial charge in [0, 0.05) is 31.3 Å². The van der Waals surface area contributed by atoms with Crippen molar-refractivity contribution in [3.8, 4) is 0 Å². The largest absolute Gasteiger partial charge is 0.381 e. The summed E-state index contributed by atoms with van der Waals surface area (Å²) in [5.74, 6) is -0.171. The maximum atomic E-state index is 13.1. The fourth-order valence-electron chi connectivity index (χ4n) is 3.46. The van der Waals surface area contributed by atoms with Gasteiger partial charge in [0.25, 0.3) is 5.91 Å². The molecule has 0 radical (unpaired) electrons. The second-order valence-corrected chi connectivity index (χ2v) is 6.92. The number of piperidine rings is 1. The minimum absolute atomic E-state index is 0.0752. The Balaban J connectivity index is 1.90. The fourth-order valence-corrected chi connectivity index (χ4v) is 3.46. The summed E-state index contributed by atoms with van der Waals surface area (Å²) in [7, 11) is 1.71. The average Bonchev–Trinajstić information content (AvgIpc) is 2.69. The van der Waals surface area contributed by atoms with Crippen molar-refractivity contribution in [1.82, 2.24) is 4.90 Å². The summed E-state index contributed by atoms with van der Waals surface area (Å²) in [4.78, 5) is 28.0. The number of hydrogen-bond donors (Lipinski definition) is 0. The summed E-state index contributed by atoms with van der Waals surface area (Å²) < 4.78 is 5.38. The van der Waals surface area contributed by atoms with E-state index in [1.165, 1.54) is 0 Å². The Morgan fingerprint density at radius 1 is 0.962 bits per heavy atom. The molecule has 2 aromatic carbocycles. The van der Waals surface area contributed by atoms with Crippen molar-refractivity contribution in [3.63, 3.8) is 0 Å². The van der Waals surface area contributed by atoms with Crippen molar-refractivity contribution in [1.29, 1.82) is 0 Å². The van der Waals surface area contributed by atoms with Crippen LogP contribution in [-0.4, -0.2) is 42.9 Å². The number of aryl methyl sites for hydroxylation is 2. The van der Waals surface area contributed by atoms with E-state index in [0.29, 0.717) is 29.8 Å². The number of benzene rings is 2. The molecule has 0 aromatic heterocycles. The van der Waals surface area contributed by atoms with Gasteiger partial charge in [0.1, 0.15) is 0 Å². The SMILES string of the molecule is COC1CCN(C(=O)c2ccccc2C(=O)c2cc(C)ccc2C)CC1. The molecule has 0 atom stereocenters. The number of likely N-dealkylation sites (tertiary alicyclic amines) is 1. The van der Waals surface area contributed by atoms with E-state index in [-0.39, 0.29) is 17.8 Å². The molecule has 4 nitrogen and oxygen atoms in total. The number of methoxy groups -OCH3 is 1. The topological polar surface area (TPSA) is 46.6 Å². The zero-order valence-electron chi connectivity index (χ0n) is 15.6. The third kappa shape index (κ3) is 3.70. The zero-order chi connectivity index (χ0) is 18.7. The molecular weight excluding hydrogens is 326 g/mol. The summed E-state index contributed by atoms with van der Waals surface area (Å²) in [5, 5.41) is 0. The minimum atomic E-state index is -0.0954. The van der Waals surface area contributed by atoms with E-state index in [2.05, 4.69) is 0 Å². The van der Waals surface area contributed by atoms with Crippen LogP contribution in [-0.2, 0) is 4.74 Å². The van der Waals surface area contributed by atoms with Crippen molar-refractivity contribution in [2.45, 2.75) is 32.8 Å². The van der Waals surface area contributed by atoms with Gasteiger partial charge in [-0.3, -0.25) is 9.59 Å². The molecule has 0 bridgehead atoms. The van der Waals surface area contributed by atoms with Gasteiger partial charge in [-0.25, -0.2) is 0 Å². The maximum absolute atomic E-state index is 13.1. The van der Waals surface area contributed by atoms with Gasteiger partial charge < -0.3 is 9.64 Å². The first-order chi connectivity index (χ1) is 12.5. The number of carbonyl (C=O) groups is 2. The lowest BCUT2D eigenvalue weighted by Crippen LogP contribution is -2.41. The van der Waals surface area contributed by atoms with E-state index in [0.717, 1.165) is 24.0 Å². The Morgan fingerprint density at radius 3 is 2.27 bits per heavy atom. The highest BCUT2D eigenvalue weighted by Crippen LogP contribution is 2.22. The lowest BCUT2D eigenvalue weighted by atomic mass is 9.93. The second-order valence-electron chi connectivity index (χ2n) is 6.92. The number of nitrogens with zero attached hydrogens (tertiary/aromatic N) is 1. The highest BCUT2D eigenvalue weighted by Gasteiger charge is 2.26. The highest BCUT2D eigenvalue weighted by molar-refractivity contribution is 6.15. The van der Waals surface area contributed by atoms with Gasteiger partial charge in [-0.05, 0) is 44.4 Å². The molecule has 0 saturated carbocycles. The lowest BCUT2D eigenvalue weighted by molar-refractivity contribution is 0.0350. The zero-order valence-corrected chi connectivity index (χ0v) is 15.6. The first-order valence-electron chi connectivity index (χ1n) is 9.04. The van der Waals surface area contributed by atoms with Gasteiger partial charge in [-0.2, -0.15) is 0 Å². The molecule has 1 saturated heterocycles. The molecule has 0 aliphatic carbocycles. The van der Waals surface area contributed by atoms with Crippen LogP contribution in [0.3, 0.4) is 0 Å². The number of rotatable bonds is 4. The van der Waals surface area contributed by atoms with Crippen molar-refractivity contribution >= 4 is 11.7 Å². The van der Waals surface area contributed by atoms with Crippen LogP contribution >= 0.6 is 0 Å². The molecule has 1 aliphatic rings. The third-order valence-electron chi connectivity index (χ3n) is 5.10. The van der Waals surface area contributed by atoms with E-state index in [1.807, 2.05) is 49.1 Å². The van der Waals surface area contributed by atoms with Gasteiger partial charge in [0.2, 0.25) is 0 Å².